The lowest BCUT2D eigenvalue weighted by Crippen LogP contribution is -2.30. The van der Waals surface area contributed by atoms with Crippen LogP contribution >= 0.6 is 12.2 Å². The summed E-state index contributed by atoms with van der Waals surface area (Å²) in [5.74, 6) is -0.622. The van der Waals surface area contributed by atoms with Crippen molar-refractivity contribution in [2.75, 3.05) is 16.8 Å². The molecule has 1 fully saturated rings. The van der Waals surface area contributed by atoms with Crippen LogP contribution in [-0.2, 0) is 4.79 Å². The molecule has 3 heterocycles. The number of rotatable bonds is 9. The molecule has 1 aliphatic rings. The number of nitrogens with one attached hydrogen (secondary N) is 2. The summed E-state index contributed by atoms with van der Waals surface area (Å²) < 4.78 is 7.58. The van der Waals surface area contributed by atoms with Crippen LogP contribution < -0.4 is 20.3 Å². The van der Waals surface area contributed by atoms with Gasteiger partial charge in [0.15, 0.2) is 11.7 Å². The van der Waals surface area contributed by atoms with E-state index in [4.69, 9.17) is 17.0 Å². The zero-order valence-electron chi connectivity index (χ0n) is 22.8. The van der Waals surface area contributed by atoms with E-state index < -0.39 is 5.97 Å². The molecule has 3 aromatic carbocycles. The van der Waals surface area contributed by atoms with E-state index in [1.807, 2.05) is 88.5 Å². The van der Waals surface area contributed by atoms with Gasteiger partial charge in [-0.3, -0.25) is 9.78 Å². The number of benzene rings is 3. The fourth-order valence-electron chi connectivity index (χ4n) is 5.14. The van der Waals surface area contributed by atoms with Crippen molar-refractivity contribution in [3.8, 4) is 11.4 Å². The first-order valence-corrected chi connectivity index (χ1v) is 14.0. The van der Waals surface area contributed by atoms with E-state index in [1.54, 1.807) is 42.6 Å². The highest BCUT2D eigenvalue weighted by atomic mass is 32.1. The van der Waals surface area contributed by atoms with E-state index in [2.05, 4.69) is 15.6 Å². The number of aromatic carboxylic acids is 1. The van der Waals surface area contributed by atoms with Gasteiger partial charge in [0.05, 0.1) is 17.3 Å². The number of hydrogen-bond donors (Lipinski definition) is 3. The molecule has 214 valence electrons. The third-order valence-corrected chi connectivity index (χ3v) is 7.43. The van der Waals surface area contributed by atoms with Crippen molar-refractivity contribution in [2.24, 2.45) is 0 Å². The van der Waals surface area contributed by atoms with Gasteiger partial charge in [0.1, 0.15) is 11.8 Å². The first-order chi connectivity index (χ1) is 21.0. The molecule has 0 spiro atoms. The van der Waals surface area contributed by atoms with E-state index in [9.17, 15) is 14.7 Å². The maximum atomic E-state index is 12.5. The van der Waals surface area contributed by atoms with Gasteiger partial charge in [-0.05, 0) is 97.1 Å². The second-order valence-corrected chi connectivity index (χ2v) is 10.2. The maximum absolute atomic E-state index is 12.5. The van der Waals surface area contributed by atoms with Crippen LogP contribution in [0, 0.1) is 0 Å². The zero-order chi connectivity index (χ0) is 29.8. The number of ether oxygens (including phenoxy) is 1. The number of carboxylic acids is 1. The quantitative estimate of drug-likeness (QED) is 0.186. The van der Waals surface area contributed by atoms with Crippen molar-refractivity contribution < 1.29 is 19.4 Å². The van der Waals surface area contributed by atoms with Crippen LogP contribution in [0.5, 0.6) is 5.75 Å². The largest absolute Gasteiger partial charge is 0.484 e. The van der Waals surface area contributed by atoms with Crippen molar-refractivity contribution in [3.63, 3.8) is 0 Å². The molecule has 10 heteroatoms. The van der Waals surface area contributed by atoms with Gasteiger partial charge in [-0.15, -0.1) is 0 Å². The maximum Gasteiger partial charge on any atom is 0.335 e. The second-order valence-electron chi connectivity index (χ2n) is 9.85. The summed E-state index contributed by atoms with van der Waals surface area (Å²) in [5, 5.41) is 16.2. The lowest BCUT2D eigenvalue weighted by Gasteiger charge is -2.29. The fraction of sp³-hybridized carbons (Fsp3) is 0.0909. The van der Waals surface area contributed by atoms with Crippen LogP contribution in [0.4, 0.5) is 11.4 Å². The van der Waals surface area contributed by atoms with Gasteiger partial charge in [0.25, 0.3) is 5.91 Å². The monoisotopic (exact) mass is 589 g/mol. The summed E-state index contributed by atoms with van der Waals surface area (Å²) >= 11 is 5.87. The third-order valence-electron chi connectivity index (χ3n) is 7.12. The number of anilines is 2. The fourth-order valence-corrected chi connectivity index (χ4v) is 5.48. The van der Waals surface area contributed by atoms with Gasteiger partial charge in [0.2, 0.25) is 0 Å². The van der Waals surface area contributed by atoms with Crippen molar-refractivity contribution in [3.05, 3.63) is 139 Å². The summed E-state index contributed by atoms with van der Waals surface area (Å²) in [5.41, 5.74) is 4.25. The minimum atomic E-state index is -0.977. The molecule has 0 aliphatic carbocycles. The van der Waals surface area contributed by atoms with E-state index in [0.717, 1.165) is 22.8 Å². The van der Waals surface area contributed by atoms with Crippen LogP contribution in [0.25, 0.3) is 5.69 Å². The number of carbonyl (C=O) groups is 2. The van der Waals surface area contributed by atoms with Gasteiger partial charge < -0.3 is 29.9 Å². The first kappa shape index (κ1) is 27.7. The predicted octanol–water partition coefficient (Wildman–Crippen LogP) is 5.77. The molecular weight excluding hydrogens is 562 g/mol. The number of nitrogens with zero attached hydrogens (tertiary/aromatic N) is 3. The second kappa shape index (κ2) is 12.2. The van der Waals surface area contributed by atoms with Crippen LogP contribution in [0.15, 0.2) is 122 Å². The number of hydrogen-bond acceptors (Lipinski definition) is 5. The third kappa shape index (κ3) is 5.95. The van der Waals surface area contributed by atoms with Gasteiger partial charge in [-0.25, -0.2) is 4.79 Å². The summed E-state index contributed by atoms with van der Waals surface area (Å²) in [6, 6.07) is 32.6. The Bertz CT molecular complexity index is 1740. The molecule has 5 aromatic rings. The van der Waals surface area contributed by atoms with E-state index >= 15 is 0 Å². The number of thiocarbonyl (C=S) groups is 1. The Kier molecular flexibility index (Phi) is 7.84. The molecule has 1 saturated heterocycles. The Morgan fingerprint density at radius 1 is 0.884 bits per heavy atom. The molecule has 0 saturated carbocycles. The Balaban J connectivity index is 1.29. The van der Waals surface area contributed by atoms with Crippen LogP contribution in [0.1, 0.15) is 33.8 Å². The first-order valence-electron chi connectivity index (χ1n) is 13.6. The molecule has 43 heavy (non-hydrogen) atoms. The number of carboxylic acid groups (broad SMARTS) is 1. The number of para-hydroxylation sites is 1. The normalized spacial score (nSPS) is 16.0. The van der Waals surface area contributed by atoms with Gasteiger partial charge in [-0.2, -0.15) is 0 Å². The molecule has 6 rings (SSSR count). The number of pyridine rings is 1. The predicted molar refractivity (Wildman–Crippen MR) is 168 cm³/mol. The Hall–Kier alpha value is -5.48. The average molecular weight is 590 g/mol. The molecule has 9 nitrogen and oxygen atoms in total. The number of amides is 1. The van der Waals surface area contributed by atoms with Crippen molar-refractivity contribution in [2.45, 2.75) is 12.1 Å². The molecule has 1 amide bonds. The number of carbonyl (C=O) groups excluding carboxylic acids is 1. The lowest BCUT2D eigenvalue weighted by atomic mass is 10.0. The Labute approximate surface area is 253 Å². The van der Waals surface area contributed by atoms with Crippen molar-refractivity contribution in [1.82, 2.24) is 14.9 Å². The molecule has 0 radical (unpaired) electrons. The highest BCUT2D eigenvalue weighted by Crippen LogP contribution is 2.42. The van der Waals surface area contributed by atoms with E-state index in [1.165, 1.54) is 0 Å². The molecule has 3 N–H and O–H groups in total. The van der Waals surface area contributed by atoms with Crippen LogP contribution in [0.3, 0.4) is 0 Å². The van der Waals surface area contributed by atoms with E-state index in [0.29, 0.717) is 16.5 Å². The molecule has 1 aliphatic heterocycles. The summed E-state index contributed by atoms with van der Waals surface area (Å²) in [6.07, 6.45) is 3.69. The highest BCUT2D eigenvalue weighted by Gasteiger charge is 2.42. The highest BCUT2D eigenvalue weighted by molar-refractivity contribution is 7.80. The van der Waals surface area contributed by atoms with Crippen molar-refractivity contribution >= 4 is 40.6 Å². The lowest BCUT2D eigenvalue weighted by molar-refractivity contribution is -0.118. The van der Waals surface area contributed by atoms with Crippen LogP contribution in [-0.4, -0.2) is 38.3 Å². The standard InChI is InChI=1S/C33H27N5O4S/c39-29(21-42-26-7-2-1-3-8-26)35-23-13-17-25(18-14-23)38-31(30(36-33(38)43)27-9-4-5-19-34-27)28-10-6-20-37(28)24-15-11-22(12-16-24)32(40)41/h1-20,30-31H,21H2,(H,35,39)(H,36,43)(H,40,41)/t30-,31+/m0/s1. The molecular formula is C33H27N5O4S. The molecule has 2 aromatic heterocycles. The van der Waals surface area contributed by atoms with Gasteiger partial charge >= 0.3 is 5.97 Å². The SMILES string of the molecule is O=C(COc1ccccc1)Nc1ccc(N2C(=S)N[C@@H](c3ccccn3)[C@H]2c2cccn2-c2ccc(C(=O)O)cc2)cc1. The minimum absolute atomic E-state index is 0.107. The molecule has 0 bridgehead atoms. The Morgan fingerprint density at radius 3 is 2.30 bits per heavy atom. The van der Waals surface area contributed by atoms with Gasteiger partial charge in [0, 0.05) is 35.1 Å². The van der Waals surface area contributed by atoms with E-state index in [-0.39, 0.29) is 30.2 Å². The summed E-state index contributed by atoms with van der Waals surface area (Å²) in [7, 11) is 0. The summed E-state index contributed by atoms with van der Waals surface area (Å²) in [4.78, 5) is 30.6. The van der Waals surface area contributed by atoms with Crippen LogP contribution in [0.2, 0.25) is 0 Å². The Morgan fingerprint density at radius 2 is 1.60 bits per heavy atom. The zero-order valence-corrected chi connectivity index (χ0v) is 23.6. The molecule has 0 unspecified atom stereocenters. The topological polar surface area (TPSA) is 109 Å². The smallest absolute Gasteiger partial charge is 0.335 e. The number of aromatic nitrogens is 2. The summed E-state index contributed by atoms with van der Waals surface area (Å²) in [6.45, 7) is -0.107. The van der Waals surface area contributed by atoms with Crippen molar-refractivity contribution in [1.29, 1.82) is 0 Å². The molecule has 2 atom stereocenters. The minimum Gasteiger partial charge on any atom is -0.484 e. The average Bonchev–Trinajstić information content (AvgIpc) is 3.66. The van der Waals surface area contributed by atoms with Gasteiger partial charge in [-0.1, -0.05) is 24.3 Å².